The molecule has 5 nitrogen and oxygen atoms in total. The second-order valence-corrected chi connectivity index (χ2v) is 6.11. The van der Waals surface area contributed by atoms with Gasteiger partial charge < -0.3 is 9.72 Å². The standard InChI is InChI=1S/C17H15BrN2O3/c1-23-17-7-6-11(8-15(17)18)14(10-20(21)22)13-9-19-16-5-3-2-4-12(13)16/h2-9,14,19H,10H2,1H3/t14-/m0/s1. The molecule has 1 aromatic heterocycles. The van der Waals surface area contributed by atoms with Crippen molar-refractivity contribution in [2.24, 2.45) is 0 Å². The Morgan fingerprint density at radius 1 is 1.30 bits per heavy atom. The van der Waals surface area contributed by atoms with E-state index in [2.05, 4.69) is 20.9 Å². The predicted octanol–water partition coefficient (Wildman–Crippen LogP) is 4.35. The molecule has 1 heterocycles. The molecule has 1 atom stereocenters. The van der Waals surface area contributed by atoms with Gasteiger partial charge in [0.1, 0.15) is 5.75 Å². The van der Waals surface area contributed by atoms with Crippen LogP contribution >= 0.6 is 15.9 Å². The van der Waals surface area contributed by atoms with E-state index in [1.807, 2.05) is 48.7 Å². The Morgan fingerprint density at radius 3 is 2.78 bits per heavy atom. The molecule has 2 aromatic carbocycles. The lowest BCUT2D eigenvalue weighted by molar-refractivity contribution is -0.481. The van der Waals surface area contributed by atoms with Gasteiger partial charge in [-0.3, -0.25) is 10.1 Å². The Hall–Kier alpha value is -2.34. The molecular weight excluding hydrogens is 360 g/mol. The van der Waals surface area contributed by atoms with Gasteiger partial charge in [-0.1, -0.05) is 24.3 Å². The van der Waals surface area contributed by atoms with Gasteiger partial charge in [-0.05, 0) is 45.3 Å². The zero-order valence-electron chi connectivity index (χ0n) is 12.5. The molecule has 0 aliphatic carbocycles. The second kappa shape index (κ2) is 6.42. The number of hydrogen-bond acceptors (Lipinski definition) is 3. The van der Waals surface area contributed by atoms with Gasteiger partial charge in [0.05, 0.1) is 17.5 Å². The fourth-order valence-electron chi connectivity index (χ4n) is 2.81. The third-order valence-electron chi connectivity index (χ3n) is 3.91. The highest BCUT2D eigenvalue weighted by Gasteiger charge is 2.24. The highest BCUT2D eigenvalue weighted by atomic mass is 79.9. The van der Waals surface area contributed by atoms with Crippen LogP contribution in [0.3, 0.4) is 0 Å². The van der Waals surface area contributed by atoms with Gasteiger partial charge in [-0.25, -0.2) is 0 Å². The third kappa shape index (κ3) is 3.07. The van der Waals surface area contributed by atoms with Crippen LogP contribution in [0.25, 0.3) is 10.9 Å². The molecule has 0 fully saturated rings. The molecule has 0 saturated heterocycles. The Bertz CT molecular complexity index is 860. The molecule has 0 aliphatic rings. The smallest absolute Gasteiger partial charge is 0.214 e. The molecule has 0 spiro atoms. The Kier molecular flexibility index (Phi) is 4.34. The van der Waals surface area contributed by atoms with Crippen LogP contribution < -0.4 is 4.74 Å². The van der Waals surface area contributed by atoms with E-state index in [9.17, 15) is 10.1 Å². The number of halogens is 1. The lowest BCUT2D eigenvalue weighted by atomic mass is 9.91. The van der Waals surface area contributed by atoms with E-state index in [4.69, 9.17) is 4.74 Å². The number of hydrogen-bond donors (Lipinski definition) is 1. The first-order valence-electron chi connectivity index (χ1n) is 7.11. The first-order chi connectivity index (χ1) is 11.1. The average molecular weight is 375 g/mol. The fourth-order valence-corrected chi connectivity index (χ4v) is 3.37. The minimum Gasteiger partial charge on any atom is -0.496 e. The average Bonchev–Trinajstić information content (AvgIpc) is 2.96. The predicted molar refractivity (Wildman–Crippen MR) is 92.7 cm³/mol. The number of aromatic nitrogens is 1. The lowest BCUT2D eigenvalue weighted by Gasteiger charge is -2.14. The number of nitrogens with one attached hydrogen (secondary N) is 1. The van der Waals surface area contributed by atoms with Crippen LogP contribution in [0, 0.1) is 10.1 Å². The van der Waals surface area contributed by atoms with Crippen molar-refractivity contribution in [3.05, 3.63) is 74.4 Å². The Morgan fingerprint density at radius 2 is 2.09 bits per heavy atom. The van der Waals surface area contributed by atoms with E-state index < -0.39 is 0 Å². The number of nitro groups is 1. The van der Waals surface area contributed by atoms with Gasteiger partial charge in [0, 0.05) is 22.0 Å². The van der Waals surface area contributed by atoms with Crippen molar-refractivity contribution in [3.8, 4) is 5.75 Å². The van der Waals surface area contributed by atoms with Crippen molar-refractivity contribution >= 4 is 26.8 Å². The van der Waals surface area contributed by atoms with Gasteiger partial charge in [0.25, 0.3) is 0 Å². The van der Waals surface area contributed by atoms with Gasteiger partial charge in [-0.2, -0.15) is 0 Å². The highest BCUT2D eigenvalue weighted by Crippen LogP contribution is 2.34. The van der Waals surface area contributed by atoms with Crippen molar-refractivity contribution in [3.63, 3.8) is 0 Å². The normalized spacial score (nSPS) is 12.3. The lowest BCUT2D eigenvalue weighted by Crippen LogP contribution is -2.13. The molecule has 0 bridgehead atoms. The van der Waals surface area contributed by atoms with Crippen molar-refractivity contribution < 1.29 is 9.66 Å². The molecule has 0 saturated carbocycles. The summed E-state index contributed by atoms with van der Waals surface area (Å²) in [5.74, 6) is 0.371. The zero-order chi connectivity index (χ0) is 16.4. The number of H-pyrrole nitrogens is 1. The van der Waals surface area contributed by atoms with Crippen molar-refractivity contribution in [1.82, 2.24) is 4.98 Å². The van der Waals surface area contributed by atoms with E-state index in [1.165, 1.54) is 0 Å². The number of para-hydroxylation sites is 1. The maximum absolute atomic E-state index is 11.2. The van der Waals surface area contributed by atoms with Crippen molar-refractivity contribution in [2.75, 3.05) is 13.7 Å². The monoisotopic (exact) mass is 374 g/mol. The summed E-state index contributed by atoms with van der Waals surface area (Å²) >= 11 is 3.45. The largest absolute Gasteiger partial charge is 0.496 e. The van der Waals surface area contributed by atoms with E-state index in [0.717, 1.165) is 26.5 Å². The molecule has 3 rings (SSSR count). The molecule has 3 aromatic rings. The number of ether oxygens (including phenoxy) is 1. The zero-order valence-corrected chi connectivity index (χ0v) is 14.0. The molecular formula is C17H15BrN2O3. The Labute approximate surface area is 141 Å². The van der Waals surface area contributed by atoms with Crippen LogP contribution in [0.4, 0.5) is 0 Å². The maximum Gasteiger partial charge on any atom is 0.214 e. The number of aromatic amines is 1. The quantitative estimate of drug-likeness (QED) is 0.533. The summed E-state index contributed by atoms with van der Waals surface area (Å²) in [5, 5.41) is 12.2. The SMILES string of the molecule is COc1ccc([C@H](C[N+](=O)[O-])c2c[nH]c3ccccc23)cc1Br. The van der Waals surface area contributed by atoms with Gasteiger partial charge in [0.2, 0.25) is 6.54 Å². The van der Waals surface area contributed by atoms with Crippen LogP contribution in [0.15, 0.2) is 53.1 Å². The summed E-state index contributed by atoms with van der Waals surface area (Å²) in [4.78, 5) is 14.1. The number of methoxy groups -OCH3 is 1. The van der Waals surface area contributed by atoms with E-state index in [0.29, 0.717) is 5.75 Å². The summed E-state index contributed by atoms with van der Waals surface area (Å²) in [6, 6.07) is 13.4. The second-order valence-electron chi connectivity index (χ2n) is 5.25. The fraction of sp³-hybridized carbons (Fsp3) is 0.176. The molecule has 0 unspecified atom stereocenters. The molecule has 0 amide bonds. The minimum atomic E-state index is -0.330. The summed E-state index contributed by atoms with van der Waals surface area (Å²) in [5.41, 5.74) is 2.77. The summed E-state index contributed by atoms with van der Waals surface area (Å²) in [6.45, 7) is -0.166. The van der Waals surface area contributed by atoms with E-state index in [1.54, 1.807) is 7.11 Å². The molecule has 23 heavy (non-hydrogen) atoms. The summed E-state index contributed by atoms with van der Waals surface area (Å²) in [6.07, 6.45) is 1.86. The number of nitrogens with zero attached hydrogens (tertiary/aromatic N) is 1. The minimum absolute atomic E-state index is 0.166. The van der Waals surface area contributed by atoms with Crippen LogP contribution in [0.2, 0.25) is 0 Å². The van der Waals surface area contributed by atoms with Gasteiger partial charge in [0.15, 0.2) is 0 Å². The maximum atomic E-state index is 11.2. The van der Waals surface area contributed by atoms with Crippen LogP contribution in [-0.2, 0) is 0 Å². The van der Waals surface area contributed by atoms with Crippen LogP contribution in [-0.4, -0.2) is 23.6 Å². The summed E-state index contributed by atoms with van der Waals surface area (Å²) in [7, 11) is 1.59. The van der Waals surface area contributed by atoms with Crippen molar-refractivity contribution in [2.45, 2.75) is 5.92 Å². The molecule has 6 heteroatoms. The highest BCUT2D eigenvalue weighted by molar-refractivity contribution is 9.10. The van der Waals surface area contributed by atoms with Crippen LogP contribution in [0.1, 0.15) is 17.0 Å². The van der Waals surface area contributed by atoms with E-state index >= 15 is 0 Å². The first kappa shape index (κ1) is 15.6. The molecule has 1 N–H and O–H groups in total. The van der Waals surface area contributed by atoms with Gasteiger partial charge >= 0.3 is 0 Å². The molecule has 0 aliphatic heterocycles. The molecule has 0 radical (unpaired) electrons. The summed E-state index contributed by atoms with van der Waals surface area (Å²) < 4.78 is 6.02. The first-order valence-corrected chi connectivity index (χ1v) is 7.90. The number of benzene rings is 2. The van der Waals surface area contributed by atoms with Crippen LogP contribution in [0.5, 0.6) is 5.75 Å². The number of rotatable bonds is 5. The van der Waals surface area contributed by atoms with Crippen molar-refractivity contribution in [1.29, 1.82) is 0 Å². The third-order valence-corrected chi connectivity index (χ3v) is 4.53. The van der Waals surface area contributed by atoms with E-state index in [-0.39, 0.29) is 17.4 Å². The topological polar surface area (TPSA) is 68.2 Å². The Balaban J connectivity index is 2.11. The van der Waals surface area contributed by atoms with Gasteiger partial charge in [-0.15, -0.1) is 0 Å². The number of fused-ring (bicyclic) bond motifs is 1. The molecule has 118 valence electrons.